The summed E-state index contributed by atoms with van der Waals surface area (Å²) in [6.07, 6.45) is 0. The summed E-state index contributed by atoms with van der Waals surface area (Å²) in [6.45, 7) is 4.72. The summed E-state index contributed by atoms with van der Waals surface area (Å²) in [5, 5.41) is 0. The van der Waals surface area contributed by atoms with Crippen LogP contribution in [0, 0.1) is 5.82 Å². The standard InChI is InChI=1S/C20H23FN2O2/c1-3-22(13-17-7-5-4-6-8-17)20(25)15-23(16(2)24)14-18-9-11-19(21)12-10-18/h4-12H,3,13-15H2,1-2H3. The minimum Gasteiger partial charge on any atom is -0.337 e. The van der Waals surface area contributed by atoms with Gasteiger partial charge in [0.1, 0.15) is 12.4 Å². The summed E-state index contributed by atoms with van der Waals surface area (Å²) in [5.74, 6) is -0.619. The first kappa shape index (κ1) is 18.6. The molecule has 5 heteroatoms. The smallest absolute Gasteiger partial charge is 0.242 e. The quantitative estimate of drug-likeness (QED) is 0.775. The SMILES string of the molecule is CCN(Cc1ccccc1)C(=O)CN(Cc1ccc(F)cc1)C(C)=O. The van der Waals surface area contributed by atoms with Crippen LogP contribution in [0.4, 0.5) is 4.39 Å². The van der Waals surface area contributed by atoms with E-state index in [1.165, 1.54) is 24.0 Å². The molecular formula is C20H23FN2O2. The van der Waals surface area contributed by atoms with E-state index in [1.807, 2.05) is 37.3 Å². The number of nitrogens with zero attached hydrogens (tertiary/aromatic N) is 2. The Morgan fingerprint density at radius 1 is 0.880 bits per heavy atom. The fraction of sp³-hybridized carbons (Fsp3) is 0.300. The third kappa shape index (κ3) is 5.71. The number of carbonyl (C=O) groups is 2. The summed E-state index contributed by atoms with van der Waals surface area (Å²) in [7, 11) is 0. The number of hydrogen-bond acceptors (Lipinski definition) is 2. The minimum absolute atomic E-state index is 0.00732. The highest BCUT2D eigenvalue weighted by Crippen LogP contribution is 2.09. The van der Waals surface area contributed by atoms with Crippen LogP contribution in [0.2, 0.25) is 0 Å². The second kappa shape index (κ2) is 8.97. The Morgan fingerprint density at radius 3 is 2.00 bits per heavy atom. The van der Waals surface area contributed by atoms with E-state index < -0.39 is 0 Å². The van der Waals surface area contributed by atoms with Crippen molar-refractivity contribution >= 4 is 11.8 Å². The van der Waals surface area contributed by atoms with E-state index in [0.29, 0.717) is 13.1 Å². The zero-order chi connectivity index (χ0) is 18.2. The maximum absolute atomic E-state index is 13.0. The van der Waals surface area contributed by atoms with E-state index in [0.717, 1.165) is 11.1 Å². The van der Waals surface area contributed by atoms with Crippen LogP contribution < -0.4 is 0 Å². The Bertz CT molecular complexity index is 701. The van der Waals surface area contributed by atoms with Crippen LogP contribution in [0.3, 0.4) is 0 Å². The van der Waals surface area contributed by atoms with Gasteiger partial charge in [-0.25, -0.2) is 4.39 Å². The molecule has 4 nitrogen and oxygen atoms in total. The minimum atomic E-state index is -0.325. The van der Waals surface area contributed by atoms with Crippen molar-refractivity contribution in [3.8, 4) is 0 Å². The Hall–Kier alpha value is -2.69. The summed E-state index contributed by atoms with van der Waals surface area (Å²) in [6, 6.07) is 15.7. The van der Waals surface area contributed by atoms with Gasteiger partial charge in [0.2, 0.25) is 11.8 Å². The van der Waals surface area contributed by atoms with Crippen molar-refractivity contribution in [1.82, 2.24) is 9.80 Å². The van der Waals surface area contributed by atoms with Gasteiger partial charge in [-0.3, -0.25) is 9.59 Å². The van der Waals surface area contributed by atoms with Crippen LogP contribution in [-0.2, 0) is 22.7 Å². The number of benzene rings is 2. The molecule has 0 unspecified atom stereocenters. The van der Waals surface area contributed by atoms with Crippen LogP contribution in [0.15, 0.2) is 54.6 Å². The molecule has 2 aromatic carbocycles. The Kier molecular flexibility index (Phi) is 6.69. The van der Waals surface area contributed by atoms with Gasteiger partial charge in [-0.1, -0.05) is 42.5 Å². The Balaban J connectivity index is 2.02. The molecule has 132 valence electrons. The van der Waals surface area contributed by atoms with Crippen molar-refractivity contribution in [3.05, 3.63) is 71.5 Å². The summed E-state index contributed by atoms with van der Waals surface area (Å²) < 4.78 is 13.0. The van der Waals surface area contributed by atoms with Crippen molar-refractivity contribution in [1.29, 1.82) is 0 Å². The van der Waals surface area contributed by atoms with Gasteiger partial charge in [0.25, 0.3) is 0 Å². The average Bonchev–Trinajstić information content (AvgIpc) is 2.61. The lowest BCUT2D eigenvalue weighted by Gasteiger charge is -2.26. The van der Waals surface area contributed by atoms with Gasteiger partial charge >= 0.3 is 0 Å². The topological polar surface area (TPSA) is 40.6 Å². The van der Waals surface area contributed by atoms with Crippen LogP contribution >= 0.6 is 0 Å². The highest BCUT2D eigenvalue weighted by molar-refractivity contribution is 5.83. The number of hydrogen-bond donors (Lipinski definition) is 0. The first-order valence-corrected chi connectivity index (χ1v) is 8.31. The van der Waals surface area contributed by atoms with Crippen LogP contribution in [-0.4, -0.2) is 34.7 Å². The van der Waals surface area contributed by atoms with Gasteiger partial charge in [-0.15, -0.1) is 0 Å². The molecule has 0 aliphatic heterocycles. The third-order valence-corrected chi connectivity index (χ3v) is 4.01. The number of carbonyl (C=O) groups excluding carboxylic acids is 2. The molecule has 2 aromatic rings. The summed E-state index contributed by atoms with van der Waals surface area (Å²) >= 11 is 0. The number of amides is 2. The second-order valence-corrected chi connectivity index (χ2v) is 5.90. The van der Waals surface area contributed by atoms with Gasteiger partial charge in [-0.05, 0) is 30.2 Å². The summed E-state index contributed by atoms with van der Waals surface area (Å²) in [5.41, 5.74) is 1.83. The molecule has 0 spiro atoms. The van der Waals surface area contributed by atoms with Crippen molar-refractivity contribution in [2.45, 2.75) is 26.9 Å². The third-order valence-electron chi connectivity index (χ3n) is 4.01. The lowest BCUT2D eigenvalue weighted by Crippen LogP contribution is -2.41. The largest absolute Gasteiger partial charge is 0.337 e. The van der Waals surface area contributed by atoms with Crippen LogP contribution in [0.25, 0.3) is 0 Å². The molecule has 0 fully saturated rings. The fourth-order valence-corrected chi connectivity index (χ4v) is 2.53. The average molecular weight is 342 g/mol. The van der Waals surface area contributed by atoms with E-state index in [4.69, 9.17) is 0 Å². The molecule has 0 radical (unpaired) electrons. The van der Waals surface area contributed by atoms with E-state index in [2.05, 4.69) is 0 Å². The van der Waals surface area contributed by atoms with Gasteiger partial charge < -0.3 is 9.80 Å². The zero-order valence-electron chi connectivity index (χ0n) is 14.6. The fourth-order valence-electron chi connectivity index (χ4n) is 2.53. The lowest BCUT2D eigenvalue weighted by molar-refractivity contribution is -0.140. The molecule has 0 saturated heterocycles. The Labute approximate surface area is 147 Å². The second-order valence-electron chi connectivity index (χ2n) is 5.90. The molecule has 0 N–H and O–H groups in total. The van der Waals surface area contributed by atoms with Gasteiger partial charge in [0.15, 0.2) is 0 Å². The molecule has 0 atom stereocenters. The molecular weight excluding hydrogens is 319 g/mol. The van der Waals surface area contributed by atoms with E-state index in [1.54, 1.807) is 17.0 Å². The predicted molar refractivity (Wildman–Crippen MR) is 95.0 cm³/mol. The van der Waals surface area contributed by atoms with Crippen molar-refractivity contribution in [2.24, 2.45) is 0 Å². The zero-order valence-corrected chi connectivity index (χ0v) is 14.6. The molecule has 25 heavy (non-hydrogen) atoms. The maximum Gasteiger partial charge on any atom is 0.242 e. The molecule has 2 amide bonds. The maximum atomic E-state index is 13.0. The molecule has 0 saturated carbocycles. The number of rotatable bonds is 7. The molecule has 0 aromatic heterocycles. The number of halogens is 1. The van der Waals surface area contributed by atoms with Crippen molar-refractivity contribution in [3.63, 3.8) is 0 Å². The first-order valence-electron chi connectivity index (χ1n) is 8.31. The lowest BCUT2D eigenvalue weighted by atomic mass is 10.2. The van der Waals surface area contributed by atoms with Crippen molar-refractivity contribution in [2.75, 3.05) is 13.1 Å². The predicted octanol–water partition coefficient (Wildman–Crippen LogP) is 3.22. The highest BCUT2D eigenvalue weighted by Gasteiger charge is 2.18. The first-order chi connectivity index (χ1) is 12.0. The molecule has 0 aliphatic carbocycles. The van der Waals surface area contributed by atoms with Gasteiger partial charge in [-0.2, -0.15) is 0 Å². The molecule has 0 aliphatic rings. The van der Waals surface area contributed by atoms with Gasteiger partial charge in [0.05, 0.1) is 0 Å². The number of likely N-dealkylation sites (N-methyl/N-ethyl adjacent to an activating group) is 1. The monoisotopic (exact) mass is 342 g/mol. The van der Waals surface area contributed by atoms with Crippen molar-refractivity contribution < 1.29 is 14.0 Å². The highest BCUT2D eigenvalue weighted by atomic mass is 19.1. The molecule has 0 heterocycles. The van der Waals surface area contributed by atoms with Crippen LogP contribution in [0.1, 0.15) is 25.0 Å². The van der Waals surface area contributed by atoms with E-state index >= 15 is 0 Å². The molecule has 2 rings (SSSR count). The van der Waals surface area contributed by atoms with Gasteiger partial charge in [0, 0.05) is 26.6 Å². The van der Waals surface area contributed by atoms with E-state index in [9.17, 15) is 14.0 Å². The normalized spacial score (nSPS) is 10.4. The molecule has 0 bridgehead atoms. The van der Waals surface area contributed by atoms with Crippen LogP contribution in [0.5, 0.6) is 0 Å². The Morgan fingerprint density at radius 2 is 1.44 bits per heavy atom. The summed E-state index contributed by atoms with van der Waals surface area (Å²) in [4.78, 5) is 27.7. The van der Waals surface area contributed by atoms with E-state index in [-0.39, 0.29) is 30.7 Å².